The Morgan fingerprint density at radius 1 is 1.06 bits per heavy atom. The number of rotatable bonds is 0. The Kier molecular flexibility index (Phi) is 8.25. The molecule has 1 nitrogen and oxygen atoms in total. The fraction of sp³-hybridized carbons (Fsp3) is 0.533. The summed E-state index contributed by atoms with van der Waals surface area (Å²) in [4.78, 5) is 0. The standard InChI is InChI=1S/C11H11N.2C2H6/c12-8-9-5-6-10-3-1-2-4-11(10)7-9;2*1-2/h1-4,9H,5-7H2;2*1-2H3. The molecule has 0 bridgehead atoms. The van der Waals surface area contributed by atoms with Crippen LogP contribution in [0.2, 0.25) is 0 Å². The van der Waals surface area contributed by atoms with Crippen molar-refractivity contribution in [3.63, 3.8) is 0 Å². The first kappa shape index (κ1) is 14.7. The van der Waals surface area contributed by atoms with Gasteiger partial charge in [-0.1, -0.05) is 52.0 Å². The molecule has 0 radical (unpaired) electrons. The summed E-state index contributed by atoms with van der Waals surface area (Å²) in [6, 6.07) is 10.8. The molecule has 1 heteroatoms. The molecule has 2 rings (SSSR count). The van der Waals surface area contributed by atoms with Gasteiger partial charge in [-0.3, -0.25) is 0 Å². The summed E-state index contributed by atoms with van der Waals surface area (Å²) in [6.45, 7) is 8.00. The van der Waals surface area contributed by atoms with Crippen LogP contribution in [0.15, 0.2) is 24.3 Å². The smallest absolute Gasteiger partial charge is 0.0659 e. The van der Waals surface area contributed by atoms with Crippen LogP contribution in [-0.4, -0.2) is 0 Å². The van der Waals surface area contributed by atoms with E-state index in [0.29, 0.717) is 0 Å². The lowest BCUT2D eigenvalue weighted by Gasteiger charge is -2.18. The molecule has 1 aliphatic rings. The van der Waals surface area contributed by atoms with Gasteiger partial charge in [-0.05, 0) is 30.4 Å². The van der Waals surface area contributed by atoms with Crippen molar-refractivity contribution in [2.45, 2.75) is 47.0 Å². The van der Waals surface area contributed by atoms with E-state index in [0.717, 1.165) is 19.3 Å². The molecule has 0 saturated heterocycles. The molecule has 0 heterocycles. The van der Waals surface area contributed by atoms with Gasteiger partial charge in [-0.2, -0.15) is 5.26 Å². The number of benzene rings is 1. The van der Waals surface area contributed by atoms with Gasteiger partial charge in [-0.25, -0.2) is 0 Å². The number of hydrogen-bond acceptors (Lipinski definition) is 1. The van der Waals surface area contributed by atoms with E-state index in [4.69, 9.17) is 5.26 Å². The van der Waals surface area contributed by atoms with E-state index in [1.807, 2.05) is 27.7 Å². The van der Waals surface area contributed by atoms with Gasteiger partial charge in [0.2, 0.25) is 0 Å². The van der Waals surface area contributed by atoms with Crippen molar-refractivity contribution in [3.8, 4) is 6.07 Å². The van der Waals surface area contributed by atoms with E-state index in [-0.39, 0.29) is 5.92 Å². The highest BCUT2D eigenvalue weighted by atomic mass is 14.3. The molecule has 1 unspecified atom stereocenters. The van der Waals surface area contributed by atoms with Crippen molar-refractivity contribution < 1.29 is 0 Å². The van der Waals surface area contributed by atoms with Crippen LogP contribution in [0.25, 0.3) is 0 Å². The summed E-state index contributed by atoms with van der Waals surface area (Å²) in [5, 5.41) is 8.77. The van der Waals surface area contributed by atoms with Crippen LogP contribution in [0.3, 0.4) is 0 Å². The fourth-order valence-electron chi connectivity index (χ4n) is 1.81. The summed E-state index contributed by atoms with van der Waals surface area (Å²) < 4.78 is 0. The Hall–Kier alpha value is -1.29. The number of fused-ring (bicyclic) bond motifs is 1. The van der Waals surface area contributed by atoms with Gasteiger partial charge >= 0.3 is 0 Å². The van der Waals surface area contributed by atoms with Gasteiger partial charge in [0, 0.05) is 0 Å². The largest absolute Gasteiger partial charge is 0.198 e. The minimum absolute atomic E-state index is 0.250. The van der Waals surface area contributed by atoms with Crippen LogP contribution in [-0.2, 0) is 12.8 Å². The lowest BCUT2D eigenvalue weighted by atomic mass is 9.85. The third-order valence-electron chi connectivity index (χ3n) is 2.53. The van der Waals surface area contributed by atoms with Gasteiger partial charge in [0.1, 0.15) is 0 Å². The van der Waals surface area contributed by atoms with E-state index >= 15 is 0 Å². The Labute approximate surface area is 100 Å². The molecular weight excluding hydrogens is 194 g/mol. The van der Waals surface area contributed by atoms with Crippen LogP contribution in [0.1, 0.15) is 45.2 Å². The second-order valence-corrected chi connectivity index (χ2v) is 3.34. The highest BCUT2D eigenvalue weighted by Crippen LogP contribution is 2.24. The first-order chi connectivity index (χ1) is 7.90. The highest BCUT2D eigenvalue weighted by molar-refractivity contribution is 5.30. The average molecular weight is 217 g/mol. The van der Waals surface area contributed by atoms with Crippen LogP contribution < -0.4 is 0 Å². The third-order valence-corrected chi connectivity index (χ3v) is 2.53. The Bertz CT molecular complexity index is 322. The zero-order chi connectivity index (χ0) is 12.4. The maximum absolute atomic E-state index is 8.77. The van der Waals surface area contributed by atoms with Gasteiger partial charge in [0.05, 0.1) is 12.0 Å². The maximum atomic E-state index is 8.77. The normalized spacial score (nSPS) is 16.6. The highest BCUT2D eigenvalue weighted by Gasteiger charge is 2.16. The number of nitriles is 1. The maximum Gasteiger partial charge on any atom is 0.0659 e. The number of hydrogen-bond donors (Lipinski definition) is 0. The van der Waals surface area contributed by atoms with Crippen molar-refractivity contribution in [2.75, 3.05) is 0 Å². The second kappa shape index (κ2) is 8.97. The molecule has 1 aliphatic carbocycles. The van der Waals surface area contributed by atoms with Gasteiger partial charge in [0.25, 0.3) is 0 Å². The predicted octanol–water partition coefficient (Wildman–Crippen LogP) is 4.37. The molecule has 0 aliphatic heterocycles. The molecule has 0 saturated carbocycles. The van der Waals surface area contributed by atoms with Gasteiger partial charge in [-0.15, -0.1) is 0 Å². The zero-order valence-electron chi connectivity index (χ0n) is 11.0. The Balaban J connectivity index is 0.000000509. The first-order valence-corrected chi connectivity index (χ1v) is 6.36. The molecule has 0 spiro atoms. The minimum Gasteiger partial charge on any atom is -0.198 e. The fourth-order valence-corrected chi connectivity index (χ4v) is 1.81. The molecule has 16 heavy (non-hydrogen) atoms. The van der Waals surface area contributed by atoms with Crippen molar-refractivity contribution in [1.29, 1.82) is 5.26 Å². The van der Waals surface area contributed by atoms with Crippen LogP contribution in [0.4, 0.5) is 0 Å². The van der Waals surface area contributed by atoms with Crippen LogP contribution in [0, 0.1) is 17.2 Å². The van der Waals surface area contributed by atoms with Gasteiger partial charge in [0.15, 0.2) is 0 Å². The molecule has 0 N–H and O–H groups in total. The van der Waals surface area contributed by atoms with Crippen molar-refractivity contribution in [3.05, 3.63) is 35.4 Å². The van der Waals surface area contributed by atoms with Crippen LogP contribution in [0.5, 0.6) is 0 Å². The quantitative estimate of drug-likeness (QED) is 0.633. The zero-order valence-corrected chi connectivity index (χ0v) is 11.0. The summed E-state index contributed by atoms with van der Waals surface area (Å²) in [7, 11) is 0. The van der Waals surface area contributed by atoms with E-state index in [1.54, 1.807) is 0 Å². The first-order valence-electron chi connectivity index (χ1n) is 6.36. The van der Waals surface area contributed by atoms with Crippen molar-refractivity contribution in [2.24, 2.45) is 5.92 Å². The predicted molar refractivity (Wildman–Crippen MR) is 70.3 cm³/mol. The van der Waals surface area contributed by atoms with Crippen molar-refractivity contribution >= 4 is 0 Å². The third kappa shape index (κ3) is 4.06. The molecule has 1 aromatic carbocycles. The monoisotopic (exact) mass is 217 g/mol. The molecule has 88 valence electrons. The summed E-state index contributed by atoms with van der Waals surface area (Å²) in [5.41, 5.74) is 2.80. The summed E-state index contributed by atoms with van der Waals surface area (Å²) in [6.07, 6.45) is 3.06. The lowest BCUT2D eigenvalue weighted by Crippen LogP contribution is -2.11. The van der Waals surface area contributed by atoms with E-state index in [2.05, 4.69) is 30.3 Å². The Morgan fingerprint density at radius 2 is 1.62 bits per heavy atom. The van der Waals surface area contributed by atoms with E-state index < -0.39 is 0 Å². The van der Waals surface area contributed by atoms with Crippen LogP contribution >= 0.6 is 0 Å². The summed E-state index contributed by atoms with van der Waals surface area (Å²) in [5.74, 6) is 0.250. The van der Waals surface area contributed by atoms with E-state index in [1.165, 1.54) is 11.1 Å². The molecule has 1 atom stereocenters. The molecule has 0 fully saturated rings. The molecule has 0 amide bonds. The Morgan fingerprint density at radius 3 is 2.19 bits per heavy atom. The number of aryl methyl sites for hydroxylation is 1. The number of nitrogens with zero attached hydrogens (tertiary/aromatic N) is 1. The minimum atomic E-state index is 0.250. The molecule has 0 aromatic heterocycles. The molecular formula is C15H23N. The average Bonchev–Trinajstić information content (AvgIpc) is 2.42. The lowest BCUT2D eigenvalue weighted by molar-refractivity contribution is 0.564. The SMILES string of the molecule is CC.CC.N#CC1CCc2ccccc2C1. The summed E-state index contributed by atoms with van der Waals surface area (Å²) >= 11 is 0. The topological polar surface area (TPSA) is 23.8 Å². The molecule has 1 aromatic rings. The second-order valence-electron chi connectivity index (χ2n) is 3.34. The van der Waals surface area contributed by atoms with E-state index in [9.17, 15) is 0 Å². The van der Waals surface area contributed by atoms with Gasteiger partial charge < -0.3 is 0 Å². The van der Waals surface area contributed by atoms with Crippen molar-refractivity contribution in [1.82, 2.24) is 0 Å².